The number of hydrazine groups is 1. The molecule has 176 valence electrons. The van der Waals surface area contributed by atoms with Crippen LogP contribution in [0, 0.1) is 0 Å². The maximum atomic E-state index is 12.7. The zero-order valence-corrected chi connectivity index (χ0v) is 18.9. The highest BCUT2D eigenvalue weighted by Gasteiger charge is 2.25. The molecule has 1 aliphatic heterocycles. The molecule has 0 bridgehead atoms. The fourth-order valence-corrected chi connectivity index (χ4v) is 4.69. The number of nitrogens with zero attached hydrogens (tertiary/aromatic N) is 2. The number of benzene rings is 2. The quantitative estimate of drug-likeness (QED) is 0.362. The van der Waals surface area contributed by atoms with Crippen LogP contribution in [0.2, 0.25) is 0 Å². The lowest BCUT2D eigenvalue weighted by Gasteiger charge is -2.26. The number of aromatic nitrogens is 2. The van der Waals surface area contributed by atoms with E-state index in [9.17, 15) is 18.0 Å². The Morgan fingerprint density at radius 3 is 2.41 bits per heavy atom. The second-order valence-corrected chi connectivity index (χ2v) is 9.33. The second kappa shape index (κ2) is 10.4. The number of nitrogens with one attached hydrogen (secondary N) is 3. The Morgan fingerprint density at radius 2 is 1.71 bits per heavy atom. The van der Waals surface area contributed by atoms with E-state index in [-0.39, 0.29) is 10.6 Å². The topological polar surface area (TPSA) is 133 Å². The summed E-state index contributed by atoms with van der Waals surface area (Å²) in [5.74, 6) is -1.10. The van der Waals surface area contributed by atoms with Crippen molar-refractivity contribution in [1.82, 2.24) is 25.4 Å². The summed E-state index contributed by atoms with van der Waals surface area (Å²) in [6, 6.07) is 17.1. The van der Waals surface area contributed by atoms with Crippen molar-refractivity contribution in [3.8, 4) is 11.3 Å². The van der Waals surface area contributed by atoms with Crippen molar-refractivity contribution in [3.05, 3.63) is 78.0 Å². The highest BCUT2D eigenvalue weighted by molar-refractivity contribution is 7.89. The fourth-order valence-electron chi connectivity index (χ4n) is 3.28. The molecule has 0 unspecified atom stereocenters. The molecule has 1 saturated heterocycles. The van der Waals surface area contributed by atoms with Gasteiger partial charge in [-0.1, -0.05) is 42.5 Å². The van der Waals surface area contributed by atoms with Crippen molar-refractivity contribution in [3.63, 3.8) is 0 Å². The Hall–Kier alpha value is -3.80. The molecule has 34 heavy (non-hydrogen) atoms. The van der Waals surface area contributed by atoms with Gasteiger partial charge in [0.05, 0.1) is 23.8 Å². The third-order valence-corrected chi connectivity index (χ3v) is 7.02. The number of hydrogen-bond acceptors (Lipinski definition) is 6. The van der Waals surface area contributed by atoms with Crippen LogP contribution >= 0.6 is 0 Å². The molecule has 1 aromatic heterocycles. The molecule has 0 saturated carbocycles. The van der Waals surface area contributed by atoms with Crippen LogP contribution in [0.3, 0.4) is 0 Å². The van der Waals surface area contributed by atoms with Crippen LogP contribution in [0.1, 0.15) is 16.1 Å². The molecule has 2 amide bonds. The largest absolute Gasteiger partial charge is 0.379 e. The van der Waals surface area contributed by atoms with Crippen molar-refractivity contribution < 1.29 is 22.7 Å². The van der Waals surface area contributed by atoms with E-state index >= 15 is 0 Å². The van der Waals surface area contributed by atoms with Crippen molar-refractivity contribution in [2.24, 2.45) is 0 Å². The van der Waals surface area contributed by atoms with Gasteiger partial charge in [-0.15, -0.1) is 0 Å². The minimum Gasteiger partial charge on any atom is -0.379 e. The van der Waals surface area contributed by atoms with Crippen molar-refractivity contribution in [1.29, 1.82) is 0 Å². The standard InChI is InChI=1S/C23H23N5O5S/c29-22(26-27-23(30)21-16-20(24-25-21)18-4-2-1-3-5-18)11-8-17-6-9-19(10-7-17)34(31,32)28-12-14-33-15-13-28/h1-11,16H,12-15H2,(H,24,25)(H,26,29)(H,27,30). The lowest BCUT2D eigenvalue weighted by Crippen LogP contribution is -2.40. The Labute approximate surface area is 196 Å². The smallest absolute Gasteiger partial charge is 0.287 e. The van der Waals surface area contributed by atoms with Gasteiger partial charge in [-0.25, -0.2) is 8.42 Å². The first-order valence-corrected chi connectivity index (χ1v) is 11.9. The van der Waals surface area contributed by atoms with Gasteiger partial charge in [0.15, 0.2) is 0 Å². The Morgan fingerprint density at radius 1 is 1.00 bits per heavy atom. The number of H-pyrrole nitrogens is 1. The number of hydrogen-bond donors (Lipinski definition) is 3. The number of rotatable bonds is 6. The SMILES string of the molecule is O=C(C=Cc1ccc(S(=O)(=O)N2CCOCC2)cc1)NNC(=O)c1cc(-c2ccccc2)n[nH]1. The summed E-state index contributed by atoms with van der Waals surface area (Å²) in [7, 11) is -3.58. The molecule has 11 heteroatoms. The number of amides is 2. The Balaban J connectivity index is 1.30. The molecule has 1 fully saturated rings. The van der Waals surface area contributed by atoms with E-state index in [1.165, 1.54) is 28.6 Å². The van der Waals surface area contributed by atoms with Gasteiger partial charge >= 0.3 is 0 Å². The van der Waals surface area contributed by atoms with E-state index in [4.69, 9.17) is 4.74 Å². The second-order valence-electron chi connectivity index (χ2n) is 7.40. The Kier molecular flexibility index (Phi) is 7.16. The lowest BCUT2D eigenvalue weighted by molar-refractivity contribution is -0.117. The Bertz CT molecular complexity index is 1280. The van der Waals surface area contributed by atoms with Gasteiger partial charge < -0.3 is 4.74 Å². The number of carbonyl (C=O) groups excluding carboxylic acids is 2. The summed E-state index contributed by atoms with van der Waals surface area (Å²) in [6.07, 6.45) is 2.74. The summed E-state index contributed by atoms with van der Waals surface area (Å²) in [5.41, 5.74) is 6.89. The van der Waals surface area contributed by atoms with E-state index in [0.717, 1.165) is 5.56 Å². The number of sulfonamides is 1. The molecule has 0 radical (unpaired) electrons. The zero-order valence-electron chi connectivity index (χ0n) is 18.1. The third-order valence-electron chi connectivity index (χ3n) is 5.11. The van der Waals surface area contributed by atoms with Gasteiger partial charge in [-0.3, -0.25) is 25.5 Å². The van der Waals surface area contributed by atoms with E-state index < -0.39 is 21.8 Å². The molecule has 0 atom stereocenters. The van der Waals surface area contributed by atoms with Gasteiger partial charge in [-0.2, -0.15) is 9.40 Å². The van der Waals surface area contributed by atoms with E-state index in [2.05, 4.69) is 21.0 Å². The predicted molar refractivity (Wildman–Crippen MR) is 125 cm³/mol. The maximum absolute atomic E-state index is 12.7. The molecule has 4 rings (SSSR count). The minimum absolute atomic E-state index is 0.178. The molecular weight excluding hydrogens is 458 g/mol. The molecule has 0 spiro atoms. The van der Waals surface area contributed by atoms with Crippen LogP contribution in [0.25, 0.3) is 17.3 Å². The average molecular weight is 482 g/mol. The molecule has 0 aliphatic carbocycles. The van der Waals surface area contributed by atoms with E-state index in [0.29, 0.717) is 37.6 Å². The first-order valence-electron chi connectivity index (χ1n) is 10.5. The molecule has 2 aromatic carbocycles. The van der Waals surface area contributed by atoms with Gasteiger partial charge in [0, 0.05) is 24.7 Å². The molecule has 3 N–H and O–H groups in total. The number of morpholine rings is 1. The molecule has 1 aliphatic rings. The van der Waals surface area contributed by atoms with E-state index in [1.807, 2.05) is 30.3 Å². The van der Waals surface area contributed by atoms with Crippen LogP contribution in [-0.2, 0) is 19.6 Å². The lowest BCUT2D eigenvalue weighted by atomic mass is 10.1. The van der Waals surface area contributed by atoms with Gasteiger partial charge in [-0.05, 0) is 29.8 Å². The summed E-state index contributed by atoms with van der Waals surface area (Å²) < 4.78 is 31.9. The highest BCUT2D eigenvalue weighted by Crippen LogP contribution is 2.18. The predicted octanol–water partition coefficient (Wildman–Crippen LogP) is 1.57. The van der Waals surface area contributed by atoms with Gasteiger partial charge in [0.1, 0.15) is 5.69 Å². The van der Waals surface area contributed by atoms with Crippen molar-refractivity contribution in [2.45, 2.75) is 4.90 Å². The summed E-state index contributed by atoms with van der Waals surface area (Å²) >= 11 is 0. The normalized spacial score (nSPS) is 14.7. The summed E-state index contributed by atoms with van der Waals surface area (Å²) in [4.78, 5) is 24.5. The monoisotopic (exact) mass is 481 g/mol. The average Bonchev–Trinajstić information content (AvgIpc) is 3.38. The summed E-state index contributed by atoms with van der Waals surface area (Å²) in [5, 5.41) is 6.74. The number of ether oxygens (including phenoxy) is 1. The van der Waals surface area contributed by atoms with Crippen LogP contribution in [0.15, 0.2) is 71.6 Å². The molecule has 10 nitrogen and oxygen atoms in total. The number of carbonyl (C=O) groups is 2. The van der Waals surface area contributed by atoms with E-state index in [1.54, 1.807) is 18.2 Å². The first-order chi connectivity index (χ1) is 16.4. The fraction of sp³-hybridized carbons (Fsp3) is 0.174. The highest BCUT2D eigenvalue weighted by atomic mass is 32.2. The third kappa shape index (κ3) is 5.57. The van der Waals surface area contributed by atoms with Crippen LogP contribution in [0.5, 0.6) is 0 Å². The van der Waals surface area contributed by atoms with Crippen molar-refractivity contribution >= 4 is 27.9 Å². The molecule has 3 aromatic rings. The van der Waals surface area contributed by atoms with Gasteiger partial charge in [0.25, 0.3) is 11.8 Å². The molecule has 2 heterocycles. The number of aromatic amines is 1. The minimum atomic E-state index is -3.58. The summed E-state index contributed by atoms with van der Waals surface area (Å²) in [6.45, 7) is 1.39. The molecular formula is C23H23N5O5S. The van der Waals surface area contributed by atoms with Crippen LogP contribution in [-0.4, -0.2) is 61.0 Å². The van der Waals surface area contributed by atoms with Crippen LogP contribution in [0.4, 0.5) is 0 Å². The van der Waals surface area contributed by atoms with Crippen LogP contribution < -0.4 is 10.9 Å². The zero-order chi connectivity index (χ0) is 24.0. The first kappa shape index (κ1) is 23.4. The van der Waals surface area contributed by atoms with Gasteiger partial charge in [0.2, 0.25) is 10.0 Å². The maximum Gasteiger partial charge on any atom is 0.287 e. The van der Waals surface area contributed by atoms with Crippen molar-refractivity contribution in [2.75, 3.05) is 26.3 Å².